The summed E-state index contributed by atoms with van der Waals surface area (Å²) in [6.45, 7) is 0.579. The number of aromatic nitrogens is 3. The zero-order valence-corrected chi connectivity index (χ0v) is 13.1. The average Bonchev–Trinajstić information content (AvgIpc) is 3.00. The van der Waals surface area contributed by atoms with Crippen molar-refractivity contribution in [1.82, 2.24) is 15.0 Å². The molecule has 0 fully saturated rings. The third-order valence-electron chi connectivity index (χ3n) is 3.10. The molecule has 0 unspecified atom stereocenters. The predicted octanol–water partition coefficient (Wildman–Crippen LogP) is 4.22. The number of thiocyanates is 1. The summed E-state index contributed by atoms with van der Waals surface area (Å²) in [5.74, 6) is 0. The summed E-state index contributed by atoms with van der Waals surface area (Å²) >= 11 is 7.11. The summed E-state index contributed by atoms with van der Waals surface area (Å²) in [5.41, 5.74) is 2.89. The molecule has 3 rings (SSSR count). The molecule has 0 aliphatic heterocycles. The number of nitrogens with zero attached hydrogens (tertiary/aromatic N) is 4. The number of halogens is 1. The van der Waals surface area contributed by atoms with Gasteiger partial charge in [0.15, 0.2) is 0 Å². The van der Waals surface area contributed by atoms with Gasteiger partial charge in [-0.3, -0.25) is 0 Å². The summed E-state index contributed by atoms with van der Waals surface area (Å²) in [6.07, 6.45) is 1.90. The minimum absolute atomic E-state index is 0.579. The second kappa shape index (κ2) is 6.65. The lowest BCUT2D eigenvalue weighted by Gasteiger charge is -2.04. The van der Waals surface area contributed by atoms with E-state index in [1.165, 1.54) is 0 Å². The number of nitriles is 1. The van der Waals surface area contributed by atoms with E-state index < -0.39 is 0 Å². The molecule has 0 N–H and O–H groups in total. The molecule has 0 bridgehead atoms. The quantitative estimate of drug-likeness (QED) is 0.532. The van der Waals surface area contributed by atoms with Crippen LogP contribution in [0.4, 0.5) is 0 Å². The third kappa shape index (κ3) is 3.30. The van der Waals surface area contributed by atoms with Crippen molar-refractivity contribution in [3.05, 3.63) is 65.3 Å². The van der Waals surface area contributed by atoms with Gasteiger partial charge < -0.3 is 0 Å². The molecule has 4 nitrogen and oxygen atoms in total. The zero-order chi connectivity index (χ0) is 15.4. The Balaban J connectivity index is 1.81. The first-order valence-corrected chi connectivity index (χ1v) is 7.75. The molecule has 0 atom stereocenters. The fraction of sp³-hybridized carbons (Fsp3) is 0.0625. The lowest BCUT2D eigenvalue weighted by Crippen LogP contribution is -2.00. The molecule has 22 heavy (non-hydrogen) atoms. The van der Waals surface area contributed by atoms with Crippen LogP contribution in [0.1, 0.15) is 5.56 Å². The summed E-state index contributed by atoms with van der Waals surface area (Å²) in [7, 11) is 0. The smallest absolute Gasteiger partial charge is 0.138 e. The Bertz CT molecular complexity index is 824. The lowest BCUT2D eigenvalue weighted by atomic mass is 10.2. The summed E-state index contributed by atoms with van der Waals surface area (Å²) in [4.78, 5) is 0.755. The van der Waals surface area contributed by atoms with Gasteiger partial charge in [0.2, 0.25) is 0 Å². The van der Waals surface area contributed by atoms with E-state index in [0.717, 1.165) is 33.5 Å². The second-order valence-corrected chi connectivity index (χ2v) is 5.86. The molecule has 0 saturated carbocycles. The molecular weight excluding hydrogens is 316 g/mol. The maximum absolute atomic E-state index is 8.78. The van der Waals surface area contributed by atoms with Crippen molar-refractivity contribution in [2.45, 2.75) is 11.4 Å². The van der Waals surface area contributed by atoms with Crippen molar-refractivity contribution in [3.63, 3.8) is 0 Å². The van der Waals surface area contributed by atoms with Gasteiger partial charge in [0, 0.05) is 10.5 Å². The highest BCUT2D eigenvalue weighted by Crippen LogP contribution is 2.27. The molecule has 2 aromatic carbocycles. The molecule has 0 aliphatic carbocycles. The van der Waals surface area contributed by atoms with Crippen molar-refractivity contribution in [2.24, 2.45) is 0 Å². The molecule has 0 radical (unpaired) electrons. The Hall–Kier alpha value is -2.29. The van der Waals surface area contributed by atoms with Gasteiger partial charge in [0.1, 0.15) is 11.1 Å². The van der Waals surface area contributed by atoms with E-state index in [1.54, 1.807) is 10.7 Å². The molecule has 1 aromatic heterocycles. The van der Waals surface area contributed by atoms with Crippen LogP contribution in [0, 0.1) is 10.7 Å². The molecule has 0 saturated heterocycles. The van der Waals surface area contributed by atoms with Crippen LogP contribution in [-0.4, -0.2) is 15.0 Å². The van der Waals surface area contributed by atoms with Gasteiger partial charge in [0.25, 0.3) is 0 Å². The number of benzene rings is 2. The van der Waals surface area contributed by atoms with Crippen LogP contribution < -0.4 is 0 Å². The summed E-state index contributed by atoms with van der Waals surface area (Å²) < 4.78 is 1.77. The zero-order valence-electron chi connectivity index (χ0n) is 11.5. The maximum Gasteiger partial charge on any atom is 0.138 e. The Kier molecular flexibility index (Phi) is 4.42. The molecule has 0 spiro atoms. The van der Waals surface area contributed by atoms with Gasteiger partial charge in [-0.05, 0) is 29.5 Å². The van der Waals surface area contributed by atoms with E-state index in [4.69, 9.17) is 16.9 Å². The molecular formula is C16H11ClN4S. The highest BCUT2D eigenvalue weighted by molar-refractivity contribution is 8.03. The van der Waals surface area contributed by atoms with Gasteiger partial charge in [-0.1, -0.05) is 53.2 Å². The topological polar surface area (TPSA) is 54.5 Å². The molecule has 108 valence electrons. The fourth-order valence-electron chi connectivity index (χ4n) is 2.08. The lowest BCUT2D eigenvalue weighted by molar-refractivity contribution is 0.649. The van der Waals surface area contributed by atoms with Gasteiger partial charge in [0.05, 0.1) is 17.8 Å². The van der Waals surface area contributed by atoms with Crippen LogP contribution in [0.2, 0.25) is 5.02 Å². The number of hydrogen-bond acceptors (Lipinski definition) is 4. The van der Waals surface area contributed by atoms with Crippen molar-refractivity contribution >= 4 is 23.4 Å². The Morgan fingerprint density at radius 1 is 1.18 bits per heavy atom. The van der Waals surface area contributed by atoms with Gasteiger partial charge in [-0.15, -0.1) is 5.10 Å². The Morgan fingerprint density at radius 3 is 2.77 bits per heavy atom. The third-order valence-corrected chi connectivity index (χ3v) is 4.19. The SMILES string of the molecule is N#CSc1cc(Cn2cc(-c3ccccc3)nn2)ccc1Cl. The van der Waals surface area contributed by atoms with Crippen molar-refractivity contribution < 1.29 is 0 Å². The summed E-state index contributed by atoms with van der Waals surface area (Å²) in [5, 5.41) is 19.7. The van der Waals surface area contributed by atoms with Crippen LogP contribution in [0.25, 0.3) is 11.3 Å². The van der Waals surface area contributed by atoms with E-state index >= 15 is 0 Å². The van der Waals surface area contributed by atoms with Crippen LogP contribution in [-0.2, 0) is 6.54 Å². The van der Waals surface area contributed by atoms with Gasteiger partial charge in [-0.2, -0.15) is 5.26 Å². The molecule has 0 amide bonds. The van der Waals surface area contributed by atoms with E-state index in [0.29, 0.717) is 11.6 Å². The Labute approximate surface area is 137 Å². The standard InChI is InChI=1S/C16H11ClN4S/c17-14-7-6-12(8-16(14)22-11-18)9-21-10-15(19-20-21)13-4-2-1-3-5-13/h1-8,10H,9H2. The number of thioether (sulfide) groups is 1. The van der Waals surface area contributed by atoms with Gasteiger partial charge >= 0.3 is 0 Å². The second-order valence-electron chi connectivity index (χ2n) is 4.63. The minimum Gasteiger partial charge on any atom is -0.247 e. The number of rotatable bonds is 4. The first kappa shape index (κ1) is 14.6. The highest BCUT2D eigenvalue weighted by atomic mass is 35.5. The van der Waals surface area contributed by atoms with E-state index in [1.807, 2.05) is 54.1 Å². The minimum atomic E-state index is 0.579. The molecule has 6 heteroatoms. The largest absolute Gasteiger partial charge is 0.247 e. The molecule has 3 aromatic rings. The van der Waals surface area contributed by atoms with Crippen LogP contribution >= 0.6 is 23.4 Å². The number of hydrogen-bond donors (Lipinski definition) is 0. The Morgan fingerprint density at radius 2 is 2.00 bits per heavy atom. The molecule has 0 aliphatic rings. The normalized spacial score (nSPS) is 10.4. The highest BCUT2D eigenvalue weighted by Gasteiger charge is 2.06. The molecule has 1 heterocycles. The van der Waals surface area contributed by atoms with Crippen LogP contribution in [0.15, 0.2) is 59.6 Å². The van der Waals surface area contributed by atoms with Crippen molar-refractivity contribution in [3.8, 4) is 16.7 Å². The fourth-order valence-corrected chi connectivity index (χ4v) is 2.78. The monoisotopic (exact) mass is 326 g/mol. The van der Waals surface area contributed by atoms with Gasteiger partial charge in [-0.25, -0.2) is 4.68 Å². The van der Waals surface area contributed by atoms with E-state index in [-0.39, 0.29) is 0 Å². The van der Waals surface area contributed by atoms with Crippen molar-refractivity contribution in [2.75, 3.05) is 0 Å². The van der Waals surface area contributed by atoms with Crippen molar-refractivity contribution in [1.29, 1.82) is 5.26 Å². The first-order valence-electron chi connectivity index (χ1n) is 6.56. The predicted molar refractivity (Wildman–Crippen MR) is 87.5 cm³/mol. The summed E-state index contributed by atoms with van der Waals surface area (Å²) in [6, 6.07) is 15.5. The van der Waals surface area contributed by atoms with E-state index in [9.17, 15) is 0 Å². The first-order chi connectivity index (χ1) is 10.8. The average molecular weight is 327 g/mol. The van der Waals surface area contributed by atoms with E-state index in [2.05, 4.69) is 10.3 Å². The van der Waals surface area contributed by atoms with Crippen LogP contribution in [0.5, 0.6) is 0 Å². The van der Waals surface area contributed by atoms with Crippen LogP contribution in [0.3, 0.4) is 0 Å². The maximum atomic E-state index is 8.78.